The molecule has 8 heteroatoms. The number of aliphatic hydroxyl groups excluding tert-OH is 1. The Hall–Kier alpha value is -1.83. The van der Waals surface area contributed by atoms with Crippen LogP contribution in [-0.2, 0) is 0 Å². The van der Waals surface area contributed by atoms with Gasteiger partial charge in [-0.15, -0.1) is 0 Å². The minimum Gasteiger partial charge on any atom is -0.496 e. The Bertz CT molecular complexity index is 462. The van der Waals surface area contributed by atoms with Gasteiger partial charge in [0.15, 0.2) is 6.10 Å². The maximum atomic E-state index is 13.4. The van der Waals surface area contributed by atoms with Crippen LogP contribution < -0.4 is 10.1 Å². The summed E-state index contributed by atoms with van der Waals surface area (Å²) in [5.74, 6) is -2.14. The highest BCUT2D eigenvalue weighted by Crippen LogP contribution is 2.22. The minimum atomic E-state index is -4.85. The van der Waals surface area contributed by atoms with Crippen molar-refractivity contribution >= 4 is 5.91 Å². The number of methoxy groups -OCH3 is 1. The quantitative estimate of drug-likeness (QED) is 0.822. The van der Waals surface area contributed by atoms with Gasteiger partial charge in [0.25, 0.3) is 5.91 Å². The second kappa shape index (κ2) is 5.87. The molecular weight excluding hydrogens is 270 g/mol. The predicted molar refractivity (Wildman–Crippen MR) is 57.3 cm³/mol. The van der Waals surface area contributed by atoms with E-state index in [0.29, 0.717) is 0 Å². The summed E-state index contributed by atoms with van der Waals surface area (Å²) < 4.78 is 54.2. The Labute approximate surface area is 106 Å². The smallest absolute Gasteiger partial charge is 0.416 e. The first-order valence-electron chi connectivity index (χ1n) is 5.13. The van der Waals surface area contributed by atoms with Gasteiger partial charge in [-0.25, -0.2) is 4.39 Å². The summed E-state index contributed by atoms with van der Waals surface area (Å²) in [4.78, 5) is 11.6. The molecule has 1 rings (SSSR count). The van der Waals surface area contributed by atoms with E-state index in [9.17, 15) is 22.4 Å². The lowest BCUT2D eigenvalue weighted by Gasteiger charge is -2.15. The van der Waals surface area contributed by atoms with E-state index in [2.05, 4.69) is 0 Å². The summed E-state index contributed by atoms with van der Waals surface area (Å²) >= 11 is 0. The second-order valence-corrected chi connectivity index (χ2v) is 3.58. The fourth-order valence-electron chi connectivity index (χ4n) is 1.29. The Morgan fingerprint density at radius 1 is 1.47 bits per heavy atom. The van der Waals surface area contributed by atoms with Crippen LogP contribution in [0.15, 0.2) is 18.2 Å². The van der Waals surface area contributed by atoms with Gasteiger partial charge in [0, 0.05) is 0 Å². The number of halogens is 4. The molecule has 19 heavy (non-hydrogen) atoms. The molecule has 1 unspecified atom stereocenters. The van der Waals surface area contributed by atoms with Crippen molar-refractivity contribution in [2.45, 2.75) is 12.3 Å². The monoisotopic (exact) mass is 281 g/mol. The number of alkyl halides is 3. The van der Waals surface area contributed by atoms with Crippen LogP contribution in [0.5, 0.6) is 5.75 Å². The van der Waals surface area contributed by atoms with Gasteiger partial charge < -0.3 is 15.2 Å². The topological polar surface area (TPSA) is 58.6 Å². The molecule has 0 heterocycles. The molecule has 106 valence electrons. The zero-order valence-electron chi connectivity index (χ0n) is 9.79. The van der Waals surface area contributed by atoms with Crippen molar-refractivity contribution in [1.29, 1.82) is 0 Å². The van der Waals surface area contributed by atoms with Crippen molar-refractivity contribution in [2.24, 2.45) is 0 Å². The third kappa shape index (κ3) is 3.82. The first-order valence-corrected chi connectivity index (χ1v) is 5.13. The van der Waals surface area contributed by atoms with Gasteiger partial charge in [0.05, 0.1) is 13.7 Å². The maximum Gasteiger partial charge on any atom is 0.416 e. The standard InChI is InChI=1S/C11H11F4NO3/c1-19-7-4-2-3-6(12)9(7)10(18)16-5-8(17)11(13,14)15/h2-4,8,17H,5H2,1H3,(H,16,18). The lowest BCUT2D eigenvalue weighted by atomic mass is 10.1. The number of carbonyl (C=O) groups excluding carboxylic acids is 1. The van der Waals surface area contributed by atoms with E-state index in [-0.39, 0.29) is 5.75 Å². The van der Waals surface area contributed by atoms with Gasteiger partial charge in [-0.3, -0.25) is 4.79 Å². The Morgan fingerprint density at radius 3 is 2.63 bits per heavy atom. The summed E-state index contributed by atoms with van der Waals surface area (Å²) in [5, 5.41) is 10.5. The normalized spacial score (nSPS) is 12.9. The van der Waals surface area contributed by atoms with Crippen LogP contribution in [0.3, 0.4) is 0 Å². The lowest BCUT2D eigenvalue weighted by molar-refractivity contribution is -0.201. The fraction of sp³-hybridized carbons (Fsp3) is 0.364. The predicted octanol–water partition coefficient (Wildman–Crippen LogP) is 1.49. The molecular formula is C11H11F4NO3. The zero-order valence-corrected chi connectivity index (χ0v) is 9.79. The van der Waals surface area contributed by atoms with Gasteiger partial charge in [-0.2, -0.15) is 13.2 Å². The van der Waals surface area contributed by atoms with Gasteiger partial charge in [-0.1, -0.05) is 6.07 Å². The van der Waals surface area contributed by atoms with Crippen LogP contribution in [0.2, 0.25) is 0 Å². The van der Waals surface area contributed by atoms with E-state index in [1.54, 1.807) is 5.32 Å². The number of aliphatic hydroxyl groups is 1. The van der Waals surface area contributed by atoms with Crippen LogP contribution in [0.25, 0.3) is 0 Å². The molecule has 0 bridgehead atoms. The van der Waals surface area contributed by atoms with E-state index < -0.39 is 36.1 Å². The first-order chi connectivity index (χ1) is 8.77. The van der Waals surface area contributed by atoms with E-state index >= 15 is 0 Å². The number of benzene rings is 1. The van der Waals surface area contributed by atoms with Crippen LogP contribution >= 0.6 is 0 Å². The third-order valence-corrected chi connectivity index (χ3v) is 2.26. The van der Waals surface area contributed by atoms with E-state index in [0.717, 1.165) is 6.07 Å². The molecule has 0 saturated heterocycles. The van der Waals surface area contributed by atoms with Crippen LogP contribution in [0.4, 0.5) is 17.6 Å². The zero-order chi connectivity index (χ0) is 14.6. The second-order valence-electron chi connectivity index (χ2n) is 3.58. The van der Waals surface area contributed by atoms with Crippen LogP contribution in [-0.4, -0.2) is 36.9 Å². The molecule has 0 aliphatic carbocycles. The summed E-state index contributed by atoms with van der Waals surface area (Å²) in [6, 6.07) is 3.55. The highest BCUT2D eigenvalue weighted by atomic mass is 19.4. The summed E-state index contributed by atoms with van der Waals surface area (Å²) in [5.41, 5.74) is -0.514. The van der Waals surface area contributed by atoms with E-state index in [1.165, 1.54) is 19.2 Å². The minimum absolute atomic E-state index is 0.112. The highest BCUT2D eigenvalue weighted by molar-refractivity contribution is 5.97. The summed E-state index contributed by atoms with van der Waals surface area (Å²) in [7, 11) is 1.19. The molecule has 0 radical (unpaired) electrons. The van der Waals surface area contributed by atoms with Gasteiger partial charge in [0.2, 0.25) is 0 Å². The van der Waals surface area contributed by atoms with Crippen molar-refractivity contribution in [3.63, 3.8) is 0 Å². The van der Waals surface area contributed by atoms with Gasteiger partial charge >= 0.3 is 6.18 Å². The van der Waals surface area contributed by atoms with Crippen molar-refractivity contribution in [1.82, 2.24) is 5.32 Å². The lowest BCUT2D eigenvalue weighted by Crippen LogP contribution is -2.41. The molecule has 0 aromatic heterocycles. The van der Waals surface area contributed by atoms with Crippen LogP contribution in [0.1, 0.15) is 10.4 Å². The molecule has 0 saturated carbocycles. The van der Waals surface area contributed by atoms with Crippen molar-refractivity contribution in [3.8, 4) is 5.75 Å². The van der Waals surface area contributed by atoms with Crippen molar-refractivity contribution < 1.29 is 32.2 Å². The fourth-order valence-corrected chi connectivity index (χ4v) is 1.29. The SMILES string of the molecule is COc1cccc(F)c1C(=O)NCC(O)C(F)(F)F. The highest BCUT2D eigenvalue weighted by Gasteiger charge is 2.38. The van der Waals surface area contributed by atoms with E-state index in [4.69, 9.17) is 9.84 Å². The number of nitrogens with one attached hydrogen (secondary N) is 1. The average Bonchev–Trinajstić information content (AvgIpc) is 2.33. The number of hydrogen-bond acceptors (Lipinski definition) is 3. The first kappa shape index (κ1) is 15.2. The van der Waals surface area contributed by atoms with Crippen LogP contribution in [0, 0.1) is 5.82 Å². The summed E-state index contributed by atoms with van der Waals surface area (Å²) in [6.45, 7) is -1.07. The largest absolute Gasteiger partial charge is 0.496 e. The molecule has 1 atom stereocenters. The number of carbonyl (C=O) groups is 1. The average molecular weight is 281 g/mol. The number of hydrogen-bond donors (Lipinski definition) is 2. The molecule has 0 aliphatic heterocycles. The summed E-state index contributed by atoms with van der Waals surface area (Å²) in [6.07, 6.45) is -7.57. The Morgan fingerprint density at radius 2 is 2.11 bits per heavy atom. The maximum absolute atomic E-state index is 13.4. The molecule has 0 spiro atoms. The van der Waals surface area contributed by atoms with Crippen molar-refractivity contribution in [2.75, 3.05) is 13.7 Å². The molecule has 1 aromatic rings. The van der Waals surface area contributed by atoms with E-state index in [1.807, 2.05) is 0 Å². The van der Waals surface area contributed by atoms with Gasteiger partial charge in [0.1, 0.15) is 17.1 Å². The Balaban J connectivity index is 2.80. The van der Waals surface area contributed by atoms with Gasteiger partial charge in [-0.05, 0) is 12.1 Å². The number of ether oxygens (including phenoxy) is 1. The molecule has 2 N–H and O–H groups in total. The molecule has 0 fully saturated rings. The molecule has 1 aromatic carbocycles. The Kier molecular flexibility index (Phi) is 4.71. The molecule has 4 nitrogen and oxygen atoms in total. The number of amides is 1. The third-order valence-electron chi connectivity index (χ3n) is 2.26. The molecule has 0 aliphatic rings. The van der Waals surface area contributed by atoms with Crippen molar-refractivity contribution in [3.05, 3.63) is 29.6 Å². The number of rotatable bonds is 4. The molecule has 1 amide bonds.